The first-order valence-electron chi connectivity index (χ1n) is 10.9. The Bertz CT molecular complexity index is 1670. The van der Waals surface area contributed by atoms with Gasteiger partial charge in [-0.25, -0.2) is 13.4 Å². The minimum atomic E-state index is -3.90. The molecule has 37 heavy (non-hydrogen) atoms. The van der Waals surface area contributed by atoms with Crippen molar-refractivity contribution in [2.45, 2.75) is 15.1 Å². The molecule has 2 heterocycles. The van der Waals surface area contributed by atoms with Crippen LogP contribution >= 0.6 is 22.9 Å². The quantitative estimate of drug-likeness (QED) is 0.255. The molecule has 0 saturated heterocycles. The van der Waals surface area contributed by atoms with Gasteiger partial charge in [0.1, 0.15) is 4.21 Å². The van der Waals surface area contributed by atoms with Gasteiger partial charge in [0.05, 0.1) is 22.7 Å². The molecule has 0 saturated carbocycles. The SMILES string of the molecule is Nc1ccc(C(=O)C2=C(O)C(=O)N(c3ncc(S(=O)(=O)c4ccccc4)s3)C2c2cccc(Cl)c2)cc1. The van der Waals surface area contributed by atoms with Gasteiger partial charge in [0.2, 0.25) is 9.84 Å². The van der Waals surface area contributed by atoms with Gasteiger partial charge in [-0.05, 0) is 54.1 Å². The number of nitrogens with two attached hydrogens (primary N) is 1. The first-order valence-corrected chi connectivity index (χ1v) is 13.5. The van der Waals surface area contributed by atoms with E-state index in [1.165, 1.54) is 36.4 Å². The Morgan fingerprint density at radius 2 is 1.73 bits per heavy atom. The molecule has 1 aliphatic heterocycles. The van der Waals surface area contributed by atoms with Crippen molar-refractivity contribution in [3.63, 3.8) is 0 Å². The third-order valence-electron chi connectivity index (χ3n) is 5.79. The minimum Gasteiger partial charge on any atom is -0.503 e. The van der Waals surface area contributed by atoms with E-state index in [0.717, 1.165) is 22.4 Å². The Kier molecular flexibility index (Phi) is 6.32. The maximum absolute atomic E-state index is 13.5. The molecular formula is C26H18ClN3O5S2. The van der Waals surface area contributed by atoms with Gasteiger partial charge < -0.3 is 10.8 Å². The van der Waals surface area contributed by atoms with Crippen molar-refractivity contribution < 1.29 is 23.1 Å². The minimum absolute atomic E-state index is 0.00358. The van der Waals surface area contributed by atoms with Crippen LogP contribution in [0.1, 0.15) is 22.0 Å². The maximum Gasteiger partial charge on any atom is 0.296 e. The van der Waals surface area contributed by atoms with Crippen molar-refractivity contribution >= 4 is 55.3 Å². The fourth-order valence-electron chi connectivity index (χ4n) is 4.02. The van der Waals surface area contributed by atoms with Crippen molar-refractivity contribution in [1.29, 1.82) is 0 Å². The summed E-state index contributed by atoms with van der Waals surface area (Å²) in [5, 5.41) is 11.2. The summed E-state index contributed by atoms with van der Waals surface area (Å²) in [5.41, 5.74) is 6.65. The summed E-state index contributed by atoms with van der Waals surface area (Å²) in [6.45, 7) is 0. The number of benzene rings is 3. The summed E-state index contributed by atoms with van der Waals surface area (Å²) in [6, 6.07) is 19.3. The first-order chi connectivity index (χ1) is 17.7. The lowest BCUT2D eigenvalue weighted by Crippen LogP contribution is -2.31. The Morgan fingerprint density at radius 1 is 1.03 bits per heavy atom. The average molecular weight is 552 g/mol. The fraction of sp³-hybridized carbons (Fsp3) is 0.0385. The van der Waals surface area contributed by atoms with Crippen LogP contribution in [0.2, 0.25) is 5.02 Å². The predicted octanol–water partition coefficient (Wildman–Crippen LogP) is 4.99. The van der Waals surface area contributed by atoms with Crippen LogP contribution in [0.15, 0.2) is 105 Å². The van der Waals surface area contributed by atoms with Crippen molar-refractivity contribution in [3.05, 3.63) is 113 Å². The van der Waals surface area contributed by atoms with Crippen LogP contribution in [0.5, 0.6) is 0 Å². The number of rotatable bonds is 6. The van der Waals surface area contributed by atoms with E-state index in [0.29, 0.717) is 16.3 Å². The van der Waals surface area contributed by atoms with E-state index < -0.39 is 33.3 Å². The molecule has 3 N–H and O–H groups in total. The molecule has 1 unspecified atom stereocenters. The van der Waals surface area contributed by atoms with Crippen LogP contribution < -0.4 is 10.6 Å². The van der Waals surface area contributed by atoms with Crippen molar-refractivity contribution in [2.24, 2.45) is 0 Å². The highest BCUT2D eigenvalue weighted by Crippen LogP contribution is 2.44. The molecule has 1 atom stereocenters. The third-order valence-corrected chi connectivity index (χ3v) is 9.25. The summed E-state index contributed by atoms with van der Waals surface area (Å²) < 4.78 is 26.1. The number of aliphatic hydroxyl groups is 1. The summed E-state index contributed by atoms with van der Waals surface area (Å²) in [5.74, 6) is -2.23. The molecule has 1 aliphatic rings. The molecule has 11 heteroatoms. The number of thiazole rings is 1. The standard InChI is InChI=1S/C26H18ClN3O5S2/c27-17-6-4-5-16(13-17)22-21(23(31)15-9-11-18(28)12-10-15)24(32)25(33)30(22)26-29-14-20(36-26)37(34,35)19-7-2-1-3-8-19/h1-14,22,32H,28H2. The molecule has 0 spiro atoms. The lowest BCUT2D eigenvalue weighted by Gasteiger charge is -2.24. The number of carbonyl (C=O) groups is 2. The number of anilines is 2. The average Bonchev–Trinajstić information content (AvgIpc) is 3.48. The van der Waals surface area contributed by atoms with E-state index in [4.69, 9.17) is 17.3 Å². The zero-order valence-corrected chi connectivity index (χ0v) is 21.3. The third kappa shape index (κ3) is 4.39. The van der Waals surface area contributed by atoms with Gasteiger partial charge in [0.15, 0.2) is 16.7 Å². The van der Waals surface area contributed by atoms with E-state index in [-0.39, 0.29) is 25.4 Å². The van der Waals surface area contributed by atoms with Crippen molar-refractivity contribution in [1.82, 2.24) is 4.98 Å². The molecule has 1 aromatic heterocycles. The number of halogens is 1. The van der Waals surface area contributed by atoms with E-state index in [9.17, 15) is 23.1 Å². The number of ketones is 1. The van der Waals surface area contributed by atoms with Gasteiger partial charge in [0.25, 0.3) is 5.91 Å². The van der Waals surface area contributed by atoms with Crippen LogP contribution in [0.4, 0.5) is 10.8 Å². The monoisotopic (exact) mass is 551 g/mol. The number of hydrogen-bond acceptors (Lipinski definition) is 8. The smallest absolute Gasteiger partial charge is 0.296 e. The number of nitrogens with zero attached hydrogens (tertiary/aromatic N) is 2. The second-order valence-corrected chi connectivity index (χ2v) is 11.7. The van der Waals surface area contributed by atoms with Crippen LogP contribution in [-0.2, 0) is 14.6 Å². The predicted molar refractivity (Wildman–Crippen MR) is 141 cm³/mol. The molecule has 8 nitrogen and oxygen atoms in total. The number of aliphatic hydroxyl groups excluding tert-OH is 1. The largest absolute Gasteiger partial charge is 0.503 e. The van der Waals surface area contributed by atoms with Gasteiger partial charge in [-0.3, -0.25) is 14.5 Å². The molecule has 0 fully saturated rings. The molecule has 5 rings (SSSR count). The van der Waals surface area contributed by atoms with E-state index in [1.54, 1.807) is 42.5 Å². The normalized spacial score (nSPS) is 15.9. The molecule has 4 aromatic rings. The van der Waals surface area contributed by atoms with Gasteiger partial charge in [-0.15, -0.1) is 0 Å². The molecule has 0 radical (unpaired) electrons. The number of aromatic nitrogens is 1. The van der Waals surface area contributed by atoms with E-state index in [1.807, 2.05) is 0 Å². The van der Waals surface area contributed by atoms with Crippen molar-refractivity contribution in [3.8, 4) is 0 Å². The summed E-state index contributed by atoms with van der Waals surface area (Å²) in [4.78, 5) is 32.2. The zero-order chi connectivity index (χ0) is 26.3. The number of carbonyl (C=O) groups excluding carboxylic acids is 2. The lowest BCUT2D eigenvalue weighted by molar-refractivity contribution is -0.117. The van der Waals surface area contributed by atoms with E-state index >= 15 is 0 Å². The zero-order valence-electron chi connectivity index (χ0n) is 18.9. The van der Waals surface area contributed by atoms with Crippen LogP contribution in [-0.4, -0.2) is 30.2 Å². The molecule has 186 valence electrons. The Balaban J connectivity index is 1.62. The highest BCUT2D eigenvalue weighted by atomic mass is 35.5. The second-order valence-electron chi connectivity index (χ2n) is 8.12. The maximum atomic E-state index is 13.5. The number of hydrogen-bond donors (Lipinski definition) is 2. The van der Waals surface area contributed by atoms with Crippen LogP contribution in [0, 0.1) is 0 Å². The summed E-state index contributed by atoms with van der Waals surface area (Å²) in [6.07, 6.45) is 1.15. The second kappa shape index (κ2) is 9.47. The van der Waals surface area contributed by atoms with Gasteiger partial charge >= 0.3 is 0 Å². The topological polar surface area (TPSA) is 131 Å². The number of nitrogen functional groups attached to an aromatic ring is 1. The van der Waals surface area contributed by atoms with Gasteiger partial charge in [-0.1, -0.05) is 53.3 Å². The Morgan fingerprint density at radius 3 is 2.41 bits per heavy atom. The highest BCUT2D eigenvalue weighted by molar-refractivity contribution is 7.93. The Hall–Kier alpha value is -3.99. The molecular weight excluding hydrogens is 534 g/mol. The van der Waals surface area contributed by atoms with Gasteiger partial charge in [-0.2, -0.15) is 0 Å². The Labute approximate surface area is 221 Å². The lowest BCUT2D eigenvalue weighted by atomic mass is 9.93. The summed E-state index contributed by atoms with van der Waals surface area (Å²) >= 11 is 6.97. The molecule has 3 aromatic carbocycles. The van der Waals surface area contributed by atoms with Crippen molar-refractivity contribution in [2.75, 3.05) is 10.6 Å². The highest BCUT2D eigenvalue weighted by Gasteiger charge is 2.46. The van der Waals surface area contributed by atoms with E-state index in [2.05, 4.69) is 4.98 Å². The molecule has 1 amide bonds. The number of amides is 1. The number of Topliss-reactive ketones (excluding diaryl/α,β-unsaturated/α-hetero) is 1. The van der Waals surface area contributed by atoms with Crippen LogP contribution in [0.3, 0.4) is 0 Å². The fourth-order valence-corrected chi connectivity index (χ4v) is 6.79. The number of sulfone groups is 1. The molecule has 0 aliphatic carbocycles. The summed E-state index contributed by atoms with van der Waals surface area (Å²) in [7, 11) is -3.90. The molecule has 0 bridgehead atoms. The van der Waals surface area contributed by atoms with Gasteiger partial charge in [0, 0.05) is 16.3 Å². The van der Waals surface area contributed by atoms with Crippen LogP contribution in [0.25, 0.3) is 0 Å². The first kappa shape index (κ1) is 24.7.